The zero-order valence-electron chi connectivity index (χ0n) is 18.8. The molecule has 32 heavy (non-hydrogen) atoms. The summed E-state index contributed by atoms with van der Waals surface area (Å²) in [4.78, 5) is 30.2. The first-order valence-corrected chi connectivity index (χ1v) is 12.0. The fourth-order valence-electron chi connectivity index (χ4n) is 3.32. The van der Waals surface area contributed by atoms with Crippen molar-refractivity contribution < 1.29 is 22.7 Å². The van der Waals surface area contributed by atoms with E-state index in [1.165, 1.54) is 18.0 Å². The maximum absolute atomic E-state index is 13.4. The predicted octanol–water partition coefficient (Wildman–Crippen LogP) is 4.37. The molecule has 1 aliphatic heterocycles. The first-order valence-electron chi connectivity index (χ1n) is 9.93. The van der Waals surface area contributed by atoms with E-state index in [1.54, 1.807) is 59.0 Å². The number of aromatic nitrogens is 1. The van der Waals surface area contributed by atoms with Crippen molar-refractivity contribution >= 4 is 49.7 Å². The van der Waals surface area contributed by atoms with Crippen LogP contribution in [0.2, 0.25) is 5.02 Å². The summed E-state index contributed by atoms with van der Waals surface area (Å²) in [5.41, 5.74) is 1.04. The van der Waals surface area contributed by atoms with Crippen LogP contribution in [0.15, 0.2) is 30.5 Å². The van der Waals surface area contributed by atoms with E-state index in [0.29, 0.717) is 16.8 Å². The molecule has 1 aliphatic rings. The number of fused-ring (bicyclic) bond motifs is 1. The van der Waals surface area contributed by atoms with Gasteiger partial charge in [-0.1, -0.05) is 29.8 Å². The number of halogens is 1. The number of amides is 1. The van der Waals surface area contributed by atoms with Crippen LogP contribution < -0.4 is 4.90 Å². The van der Waals surface area contributed by atoms with E-state index < -0.39 is 21.2 Å². The first-order chi connectivity index (χ1) is 14.8. The summed E-state index contributed by atoms with van der Waals surface area (Å²) >= 11 is 6.68. The normalized spacial score (nSPS) is 15.2. The maximum atomic E-state index is 13.4. The van der Waals surface area contributed by atoms with Gasteiger partial charge in [0.2, 0.25) is 5.91 Å². The second-order valence-electron chi connectivity index (χ2n) is 8.74. The van der Waals surface area contributed by atoms with Crippen molar-refractivity contribution in [3.05, 3.63) is 57.9 Å². The molecule has 2 heterocycles. The van der Waals surface area contributed by atoms with Gasteiger partial charge in [-0.3, -0.25) is 14.6 Å². The SMILES string of the molecule is CC(=O)N(C)c1c(C)ccc(C2=C(OC(=O)C(C)(C)C)c3ncccc3CS2(=O)=O)c1Cl. The van der Waals surface area contributed by atoms with Crippen LogP contribution in [-0.2, 0) is 29.9 Å². The molecule has 170 valence electrons. The Labute approximate surface area is 193 Å². The number of nitrogens with zero attached hydrogens (tertiary/aromatic N) is 2. The summed E-state index contributed by atoms with van der Waals surface area (Å²) in [6, 6.07) is 6.49. The summed E-state index contributed by atoms with van der Waals surface area (Å²) < 4.78 is 32.5. The van der Waals surface area contributed by atoms with Gasteiger partial charge < -0.3 is 9.64 Å². The number of aryl methyl sites for hydroxylation is 1. The number of carbonyl (C=O) groups excluding carboxylic acids is 2. The lowest BCUT2D eigenvalue weighted by atomic mass is 9.97. The van der Waals surface area contributed by atoms with Crippen molar-refractivity contribution in [2.75, 3.05) is 11.9 Å². The van der Waals surface area contributed by atoms with Crippen molar-refractivity contribution in [2.24, 2.45) is 5.41 Å². The van der Waals surface area contributed by atoms with E-state index in [1.807, 2.05) is 0 Å². The lowest BCUT2D eigenvalue weighted by Crippen LogP contribution is -2.26. The minimum absolute atomic E-state index is 0.0740. The molecule has 0 saturated carbocycles. The number of esters is 1. The highest BCUT2D eigenvalue weighted by molar-refractivity contribution is 8.00. The average molecular weight is 477 g/mol. The second-order valence-corrected chi connectivity index (χ2v) is 11.0. The quantitative estimate of drug-likeness (QED) is 0.610. The van der Waals surface area contributed by atoms with Crippen molar-refractivity contribution in [1.29, 1.82) is 0 Å². The van der Waals surface area contributed by atoms with Gasteiger partial charge in [-0.05, 0) is 44.9 Å². The van der Waals surface area contributed by atoms with Gasteiger partial charge >= 0.3 is 5.97 Å². The number of sulfone groups is 1. The lowest BCUT2D eigenvalue weighted by molar-refractivity contribution is -0.145. The van der Waals surface area contributed by atoms with E-state index in [9.17, 15) is 18.0 Å². The Hall–Kier alpha value is -2.71. The van der Waals surface area contributed by atoms with Gasteiger partial charge in [-0.15, -0.1) is 0 Å². The zero-order valence-corrected chi connectivity index (χ0v) is 20.4. The molecule has 1 amide bonds. The number of rotatable bonds is 3. The third-order valence-corrected chi connectivity index (χ3v) is 7.25. The summed E-state index contributed by atoms with van der Waals surface area (Å²) in [6.45, 7) is 8.17. The fourth-order valence-corrected chi connectivity index (χ4v) is 5.52. The molecule has 0 aliphatic carbocycles. The molecule has 0 fully saturated rings. The standard InChI is InChI=1S/C23H25ClN2O5S/c1-13-9-10-16(17(24)19(13)26(6)14(2)27)21-20(31-22(28)23(3,4)5)18-15(8-7-11-25-18)12-32(21,29)30/h7-11H,12H2,1-6H3. The van der Waals surface area contributed by atoms with Crippen molar-refractivity contribution in [3.63, 3.8) is 0 Å². The predicted molar refractivity (Wildman–Crippen MR) is 124 cm³/mol. The molecule has 0 spiro atoms. The summed E-state index contributed by atoms with van der Waals surface area (Å²) in [7, 11) is -2.40. The Bertz CT molecular complexity index is 1260. The topological polar surface area (TPSA) is 93.6 Å². The Morgan fingerprint density at radius 2 is 1.84 bits per heavy atom. The molecule has 1 aromatic carbocycles. The van der Waals surface area contributed by atoms with Crippen LogP contribution in [0.4, 0.5) is 5.69 Å². The van der Waals surface area contributed by atoms with Crippen molar-refractivity contribution in [1.82, 2.24) is 4.98 Å². The molecule has 3 rings (SSSR count). The Kier molecular flexibility index (Phi) is 6.23. The highest BCUT2D eigenvalue weighted by Crippen LogP contribution is 2.45. The highest BCUT2D eigenvalue weighted by atomic mass is 35.5. The number of anilines is 1. The van der Waals surface area contributed by atoms with Gasteiger partial charge in [0, 0.05) is 25.7 Å². The maximum Gasteiger partial charge on any atom is 0.316 e. The van der Waals surface area contributed by atoms with E-state index in [0.717, 1.165) is 0 Å². The van der Waals surface area contributed by atoms with Crippen molar-refractivity contribution in [3.8, 4) is 0 Å². The van der Waals surface area contributed by atoms with Crippen LogP contribution in [0, 0.1) is 12.3 Å². The van der Waals surface area contributed by atoms with Gasteiger partial charge in [0.1, 0.15) is 10.6 Å². The van der Waals surface area contributed by atoms with Gasteiger partial charge in [-0.25, -0.2) is 8.42 Å². The molecule has 0 atom stereocenters. The highest BCUT2D eigenvalue weighted by Gasteiger charge is 2.38. The molecule has 0 saturated heterocycles. The lowest BCUT2D eigenvalue weighted by Gasteiger charge is -2.27. The monoisotopic (exact) mass is 476 g/mol. The minimum Gasteiger partial charge on any atom is -0.422 e. The molecule has 1 aromatic heterocycles. The van der Waals surface area contributed by atoms with Crippen molar-refractivity contribution in [2.45, 2.75) is 40.4 Å². The number of carbonyl (C=O) groups is 2. The third-order valence-electron chi connectivity index (χ3n) is 5.15. The smallest absolute Gasteiger partial charge is 0.316 e. The molecular formula is C23H25ClN2O5S. The molecule has 2 aromatic rings. The Morgan fingerprint density at radius 3 is 2.44 bits per heavy atom. The molecule has 0 N–H and O–H groups in total. The summed E-state index contributed by atoms with van der Waals surface area (Å²) in [5.74, 6) is -1.35. The minimum atomic E-state index is -3.95. The zero-order chi connectivity index (χ0) is 24.0. The van der Waals surface area contributed by atoms with Crippen LogP contribution in [0.25, 0.3) is 10.7 Å². The number of pyridine rings is 1. The van der Waals surface area contributed by atoms with Crippen LogP contribution in [0.5, 0.6) is 0 Å². The second kappa shape index (κ2) is 8.33. The van der Waals surface area contributed by atoms with Crippen LogP contribution in [0.3, 0.4) is 0 Å². The van der Waals surface area contributed by atoms with E-state index in [2.05, 4.69) is 4.98 Å². The molecule has 0 unspecified atom stereocenters. The van der Waals surface area contributed by atoms with Crippen LogP contribution >= 0.6 is 11.6 Å². The van der Waals surface area contributed by atoms with Gasteiger partial charge in [-0.2, -0.15) is 0 Å². The Balaban J connectivity index is 2.39. The average Bonchev–Trinajstić information content (AvgIpc) is 2.67. The van der Waals surface area contributed by atoms with Crippen LogP contribution in [-0.4, -0.2) is 32.3 Å². The van der Waals surface area contributed by atoms with E-state index in [4.69, 9.17) is 16.3 Å². The molecule has 0 bridgehead atoms. The van der Waals surface area contributed by atoms with Gasteiger partial charge in [0.15, 0.2) is 15.6 Å². The first kappa shape index (κ1) is 23.9. The van der Waals surface area contributed by atoms with Gasteiger partial charge in [0.25, 0.3) is 0 Å². The summed E-state index contributed by atoms with van der Waals surface area (Å²) in [6.07, 6.45) is 1.50. The molecular weight excluding hydrogens is 452 g/mol. The summed E-state index contributed by atoms with van der Waals surface area (Å²) in [5, 5.41) is 0.0740. The molecule has 9 heteroatoms. The number of hydrogen-bond acceptors (Lipinski definition) is 6. The van der Waals surface area contributed by atoms with E-state index in [-0.39, 0.29) is 38.6 Å². The van der Waals surface area contributed by atoms with Gasteiger partial charge in [0.05, 0.1) is 21.9 Å². The number of ether oxygens (including phenoxy) is 1. The van der Waals surface area contributed by atoms with Crippen LogP contribution in [0.1, 0.15) is 50.1 Å². The largest absolute Gasteiger partial charge is 0.422 e. The Morgan fingerprint density at radius 1 is 1.19 bits per heavy atom. The fraction of sp³-hybridized carbons (Fsp3) is 0.348. The van der Waals surface area contributed by atoms with E-state index >= 15 is 0 Å². The number of benzene rings is 1. The third kappa shape index (κ3) is 4.29. The number of hydrogen-bond donors (Lipinski definition) is 0. The molecule has 7 nitrogen and oxygen atoms in total. The molecule has 0 radical (unpaired) electrons.